The normalized spacial score (nSPS) is 11.3. The molecule has 1 N–H and O–H groups in total. The van der Waals surface area contributed by atoms with Crippen molar-refractivity contribution < 1.29 is 9.59 Å². The van der Waals surface area contributed by atoms with E-state index in [1.807, 2.05) is 80.9 Å². The number of benzene rings is 2. The Morgan fingerprint density at radius 3 is 2.14 bits per heavy atom. The molecule has 0 aliphatic rings. The Bertz CT molecular complexity index is 1120. The number of carbonyl (C=O) groups is 2. The molecule has 0 spiro atoms. The highest BCUT2D eigenvalue weighted by atomic mass is 16.2. The van der Waals surface area contributed by atoms with Crippen LogP contribution in [0.3, 0.4) is 0 Å². The van der Waals surface area contributed by atoms with E-state index in [1.165, 1.54) is 5.56 Å². The van der Waals surface area contributed by atoms with Gasteiger partial charge in [0.15, 0.2) is 0 Å². The van der Waals surface area contributed by atoms with E-state index in [2.05, 4.69) is 31.3 Å². The molecule has 0 saturated carbocycles. The summed E-state index contributed by atoms with van der Waals surface area (Å²) >= 11 is 0. The number of carbonyl (C=O) groups excluding carboxylic acids is 2. The Labute approximate surface area is 209 Å². The molecule has 3 rings (SSSR count). The van der Waals surface area contributed by atoms with Crippen LogP contribution in [0.15, 0.2) is 60.8 Å². The van der Waals surface area contributed by atoms with Crippen LogP contribution >= 0.6 is 0 Å². The number of nitrogens with zero attached hydrogens (tertiary/aromatic N) is 3. The number of nitrogens with one attached hydrogen (secondary N) is 1. The number of anilines is 1. The van der Waals surface area contributed by atoms with Gasteiger partial charge in [-0.3, -0.25) is 19.5 Å². The summed E-state index contributed by atoms with van der Waals surface area (Å²) in [6.07, 6.45) is 2.36. The maximum Gasteiger partial charge on any atom is 0.246 e. The fraction of sp³-hybridized carbons (Fsp3) is 0.414. The van der Waals surface area contributed by atoms with Crippen LogP contribution in [0.1, 0.15) is 59.4 Å². The van der Waals surface area contributed by atoms with Crippen molar-refractivity contribution in [2.45, 2.75) is 53.9 Å². The summed E-state index contributed by atoms with van der Waals surface area (Å²) in [6, 6.07) is 18.2. The number of aromatic nitrogens is 2. The molecule has 0 atom stereocenters. The predicted octanol–water partition coefficient (Wildman–Crippen LogP) is 6.13. The van der Waals surface area contributed by atoms with Crippen molar-refractivity contribution in [2.24, 2.45) is 11.8 Å². The van der Waals surface area contributed by atoms with Crippen molar-refractivity contribution in [2.75, 3.05) is 18.4 Å². The summed E-state index contributed by atoms with van der Waals surface area (Å²) in [5, 5.41) is 2.97. The van der Waals surface area contributed by atoms with E-state index in [4.69, 9.17) is 4.98 Å². The second-order valence-corrected chi connectivity index (χ2v) is 10.2. The zero-order chi connectivity index (χ0) is 25.5. The molecule has 2 amide bonds. The highest BCUT2D eigenvalue weighted by Gasteiger charge is 2.21. The Kier molecular flexibility index (Phi) is 8.85. The second kappa shape index (κ2) is 11.8. The summed E-state index contributed by atoms with van der Waals surface area (Å²) in [7, 11) is 0. The molecule has 6 heteroatoms. The van der Waals surface area contributed by atoms with Gasteiger partial charge < -0.3 is 4.90 Å². The van der Waals surface area contributed by atoms with Crippen molar-refractivity contribution in [3.8, 4) is 16.9 Å². The number of rotatable bonds is 10. The maximum atomic E-state index is 13.1. The van der Waals surface area contributed by atoms with E-state index in [1.54, 1.807) is 4.90 Å². The Morgan fingerprint density at radius 1 is 0.914 bits per heavy atom. The van der Waals surface area contributed by atoms with Gasteiger partial charge in [0.25, 0.3) is 0 Å². The minimum Gasteiger partial charge on any atom is -0.333 e. The quantitative estimate of drug-likeness (QED) is 0.384. The molecule has 1 aromatic heterocycles. The molecule has 1 heterocycles. The molecule has 3 aromatic rings. The van der Waals surface area contributed by atoms with Crippen LogP contribution < -0.4 is 5.32 Å². The van der Waals surface area contributed by atoms with E-state index in [-0.39, 0.29) is 30.2 Å². The van der Waals surface area contributed by atoms with Gasteiger partial charge in [-0.05, 0) is 35.4 Å². The molecule has 0 aliphatic carbocycles. The van der Waals surface area contributed by atoms with Crippen molar-refractivity contribution in [1.29, 1.82) is 0 Å². The highest BCUT2D eigenvalue weighted by molar-refractivity contribution is 5.94. The monoisotopic (exact) mass is 474 g/mol. The lowest BCUT2D eigenvalue weighted by molar-refractivity contribution is -0.135. The van der Waals surface area contributed by atoms with Crippen LogP contribution in [0.5, 0.6) is 0 Å². The minimum absolute atomic E-state index is 0.00133. The molecule has 0 fully saturated rings. The zero-order valence-electron chi connectivity index (χ0n) is 21.8. The molecule has 0 unspecified atom stereocenters. The SMILES string of the molecule is CC(C)CC(=O)N(CC(=O)Nc1nc(-c2ccccc2)cn1-c1ccc(C(C)C)cc1)CC(C)C. The molecule has 186 valence electrons. The molecule has 0 aliphatic heterocycles. The average molecular weight is 475 g/mol. The number of hydrogen-bond donors (Lipinski definition) is 1. The van der Waals surface area contributed by atoms with E-state index < -0.39 is 0 Å². The Morgan fingerprint density at radius 2 is 1.57 bits per heavy atom. The van der Waals surface area contributed by atoms with E-state index >= 15 is 0 Å². The van der Waals surface area contributed by atoms with Crippen LogP contribution in [0.25, 0.3) is 16.9 Å². The molecular formula is C29H38N4O2. The smallest absolute Gasteiger partial charge is 0.246 e. The summed E-state index contributed by atoms with van der Waals surface area (Å²) in [4.78, 5) is 32.3. The average Bonchev–Trinajstić information content (AvgIpc) is 3.22. The van der Waals surface area contributed by atoms with Gasteiger partial charge in [0.05, 0.1) is 12.2 Å². The second-order valence-electron chi connectivity index (χ2n) is 10.2. The van der Waals surface area contributed by atoms with Crippen LogP contribution in [0.4, 0.5) is 5.95 Å². The fourth-order valence-corrected chi connectivity index (χ4v) is 3.94. The summed E-state index contributed by atoms with van der Waals surface area (Å²) < 4.78 is 1.90. The summed E-state index contributed by atoms with van der Waals surface area (Å²) in [5.74, 6) is 1.12. The van der Waals surface area contributed by atoms with Gasteiger partial charge in [0, 0.05) is 30.4 Å². The fourth-order valence-electron chi connectivity index (χ4n) is 3.94. The maximum absolute atomic E-state index is 13.1. The standard InChI is InChI=1S/C29H38N4O2/c1-20(2)16-28(35)32(17-21(3)4)19-27(34)31-29-30-26(24-10-8-7-9-11-24)18-33(29)25-14-12-23(13-15-25)22(5)6/h7-15,18,20-22H,16-17,19H2,1-6H3,(H,30,31,34). The third-order valence-corrected chi connectivity index (χ3v) is 5.72. The van der Waals surface area contributed by atoms with E-state index in [0.29, 0.717) is 24.8 Å². The first-order chi connectivity index (χ1) is 16.6. The lowest BCUT2D eigenvalue weighted by Crippen LogP contribution is -2.40. The first kappa shape index (κ1) is 26.2. The number of imidazole rings is 1. The van der Waals surface area contributed by atoms with Crippen molar-refractivity contribution >= 4 is 17.8 Å². The number of hydrogen-bond acceptors (Lipinski definition) is 3. The number of amides is 2. The topological polar surface area (TPSA) is 67.2 Å². The van der Waals surface area contributed by atoms with E-state index in [0.717, 1.165) is 16.9 Å². The molecule has 0 radical (unpaired) electrons. The highest BCUT2D eigenvalue weighted by Crippen LogP contribution is 2.25. The van der Waals surface area contributed by atoms with Crippen molar-refractivity contribution in [1.82, 2.24) is 14.5 Å². The summed E-state index contributed by atoms with van der Waals surface area (Å²) in [6.45, 7) is 13.0. The molecular weight excluding hydrogens is 436 g/mol. The molecule has 2 aromatic carbocycles. The summed E-state index contributed by atoms with van der Waals surface area (Å²) in [5.41, 5.74) is 3.89. The van der Waals surface area contributed by atoms with Gasteiger partial charge >= 0.3 is 0 Å². The van der Waals surface area contributed by atoms with Crippen molar-refractivity contribution in [3.05, 3.63) is 66.4 Å². The third-order valence-electron chi connectivity index (χ3n) is 5.72. The van der Waals surface area contributed by atoms with Gasteiger partial charge in [-0.2, -0.15) is 0 Å². The van der Waals surface area contributed by atoms with Crippen LogP contribution in [0.2, 0.25) is 0 Å². The Balaban J connectivity index is 1.89. The third kappa shape index (κ3) is 7.28. The van der Waals surface area contributed by atoms with Crippen LogP contribution in [0, 0.1) is 11.8 Å². The molecule has 0 saturated heterocycles. The first-order valence-corrected chi connectivity index (χ1v) is 12.5. The van der Waals surface area contributed by atoms with Gasteiger partial charge in [-0.25, -0.2) is 4.98 Å². The molecule has 35 heavy (non-hydrogen) atoms. The lowest BCUT2D eigenvalue weighted by atomic mass is 10.0. The predicted molar refractivity (Wildman–Crippen MR) is 143 cm³/mol. The minimum atomic E-state index is -0.256. The van der Waals surface area contributed by atoms with Gasteiger partial charge in [0.1, 0.15) is 0 Å². The van der Waals surface area contributed by atoms with Gasteiger partial charge in [-0.1, -0.05) is 84.0 Å². The first-order valence-electron chi connectivity index (χ1n) is 12.5. The van der Waals surface area contributed by atoms with Gasteiger partial charge in [0.2, 0.25) is 17.8 Å². The largest absolute Gasteiger partial charge is 0.333 e. The Hall–Kier alpha value is -3.41. The van der Waals surface area contributed by atoms with Crippen LogP contribution in [-0.2, 0) is 9.59 Å². The zero-order valence-corrected chi connectivity index (χ0v) is 21.8. The van der Waals surface area contributed by atoms with E-state index in [9.17, 15) is 9.59 Å². The van der Waals surface area contributed by atoms with Crippen LogP contribution in [-0.4, -0.2) is 39.4 Å². The molecule has 0 bridgehead atoms. The van der Waals surface area contributed by atoms with Gasteiger partial charge in [-0.15, -0.1) is 0 Å². The van der Waals surface area contributed by atoms with Crippen molar-refractivity contribution in [3.63, 3.8) is 0 Å². The lowest BCUT2D eigenvalue weighted by Gasteiger charge is -2.25. The molecule has 6 nitrogen and oxygen atoms in total.